The summed E-state index contributed by atoms with van der Waals surface area (Å²) < 4.78 is 7.81. The number of aryl methyl sites for hydroxylation is 1. The van der Waals surface area contributed by atoms with E-state index in [2.05, 4.69) is 14.9 Å². The number of Topliss-reactive ketones (excluding diaryl/α,β-unsaturated/α-hetero) is 1. The van der Waals surface area contributed by atoms with E-state index in [0.717, 1.165) is 17.7 Å². The van der Waals surface area contributed by atoms with Crippen LogP contribution in [-0.2, 0) is 11.8 Å². The van der Waals surface area contributed by atoms with Crippen LogP contribution in [0.2, 0.25) is 0 Å². The molecule has 0 bridgehead atoms. The van der Waals surface area contributed by atoms with Gasteiger partial charge in [0.2, 0.25) is 0 Å². The van der Waals surface area contributed by atoms with Crippen LogP contribution in [0, 0.1) is 5.92 Å². The molecule has 8 heteroatoms. The summed E-state index contributed by atoms with van der Waals surface area (Å²) in [5.74, 6) is 2.02. The van der Waals surface area contributed by atoms with Crippen molar-refractivity contribution in [2.24, 2.45) is 18.0 Å². The third-order valence-corrected chi connectivity index (χ3v) is 6.42. The second-order valence-electron chi connectivity index (χ2n) is 9.07. The number of carbonyl (C=O) groups excluding carboxylic acids is 2. The van der Waals surface area contributed by atoms with Gasteiger partial charge in [0.15, 0.2) is 11.6 Å². The van der Waals surface area contributed by atoms with Gasteiger partial charge in [-0.05, 0) is 37.8 Å². The number of fused-ring (bicyclic) bond motifs is 1. The number of anilines is 2. The Balaban J connectivity index is 1.55. The van der Waals surface area contributed by atoms with Gasteiger partial charge < -0.3 is 19.1 Å². The molecule has 0 radical (unpaired) electrons. The second-order valence-corrected chi connectivity index (χ2v) is 9.07. The summed E-state index contributed by atoms with van der Waals surface area (Å²) in [6.07, 6.45) is 8.96. The van der Waals surface area contributed by atoms with E-state index in [0.29, 0.717) is 49.2 Å². The van der Waals surface area contributed by atoms with Crippen LogP contribution in [-0.4, -0.2) is 59.4 Å². The Morgan fingerprint density at radius 2 is 2.06 bits per heavy atom. The molecule has 33 heavy (non-hydrogen) atoms. The molecule has 2 aromatic rings. The van der Waals surface area contributed by atoms with Gasteiger partial charge >= 0.3 is 0 Å². The number of ether oxygens (including phenoxy) is 1. The van der Waals surface area contributed by atoms with E-state index in [-0.39, 0.29) is 11.7 Å². The molecule has 0 unspecified atom stereocenters. The van der Waals surface area contributed by atoms with E-state index in [1.807, 2.05) is 48.0 Å². The lowest BCUT2D eigenvalue weighted by Gasteiger charge is -2.30. The van der Waals surface area contributed by atoms with Crippen molar-refractivity contribution in [3.05, 3.63) is 41.6 Å². The number of hydrogen-bond acceptors (Lipinski definition) is 6. The first-order valence-electron chi connectivity index (χ1n) is 11.7. The molecule has 4 rings (SSSR count). The molecule has 1 amide bonds. The summed E-state index contributed by atoms with van der Waals surface area (Å²) >= 11 is 0. The highest BCUT2D eigenvalue weighted by Crippen LogP contribution is 2.35. The van der Waals surface area contributed by atoms with Crippen LogP contribution in [0.3, 0.4) is 0 Å². The van der Waals surface area contributed by atoms with Crippen molar-refractivity contribution < 1.29 is 14.3 Å². The number of hydrogen-bond donors (Lipinski definition) is 0. The number of carbonyl (C=O) groups is 2. The zero-order valence-electron chi connectivity index (χ0n) is 19.8. The summed E-state index contributed by atoms with van der Waals surface area (Å²) in [5.41, 5.74) is 2.29. The Morgan fingerprint density at radius 1 is 1.27 bits per heavy atom. The fraction of sp³-hybridized carbons (Fsp3) is 0.520. The third-order valence-electron chi connectivity index (χ3n) is 6.42. The maximum atomic E-state index is 13.0. The van der Waals surface area contributed by atoms with Crippen molar-refractivity contribution in [3.8, 4) is 5.75 Å². The molecule has 0 N–H and O–H groups in total. The van der Waals surface area contributed by atoms with Crippen LogP contribution >= 0.6 is 0 Å². The van der Waals surface area contributed by atoms with Gasteiger partial charge in [0, 0.05) is 57.8 Å². The van der Waals surface area contributed by atoms with Crippen LogP contribution in [0.25, 0.3) is 0 Å². The van der Waals surface area contributed by atoms with Crippen molar-refractivity contribution in [3.63, 3.8) is 0 Å². The molecule has 1 aliphatic heterocycles. The van der Waals surface area contributed by atoms with Crippen molar-refractivity contribution in [1.82, 2.24) is 14.5 Å². The summed E-state index contributed by atoms with van der Waals surface area (Å²) in [6, 6.07) is 5.81. The molecule has 0 atom stereocenters. The molecular formula is C25H33N5O3. The number of pyridine rings is 2. The first-order chi connectivity index (χ1) is 15.9. The largest absolute Gasteiger partial charge is 0.488 e. The average Bonchev–Trinajstić information content (AvgIpc) is 3.32. The summed E-state index contributed by atoms with van der Waals surface area (Å²) in [7, 11) is 3.80. The predicted octanol–water partition coefficient (Wildman–Crippen LogP) is 3.09. The first-order valence-corrected chi connectivity index (χ1v) is 11.7. The van der Waals surface area contributed by atoms with E-state index in [9.17, 15) is 9.59 Å². The van der Waals surface area contributed by atoms with Crippen molar-refractivity contribution in [1.29, 1.82) is 0 Å². The van der Waals surface area contributed by atoms with Crippen LogP contribution in [0.5, 0.6) is 5.75 Å². The predicted molar refractivity (Wildman–Crippen MR) is 127 cm³/mol. The molecule has 0 spiro atoms. The normalized spacial score (nSPS) is 16.5. The van der Waals surface area contributed by atoms with Crippen molar-refractivity contribution in [2.45, 2.75) is 39.0 Å². The maximum Gasteiger partial charge on any atom is 0.255 e. The van der Waals surface area contributed by atoms with Crippen molar-refractivity contribution >= 4 is 23.2 Å². The average molecular weight is 452 g/mol. The Hall–Kier alpha value is -3.16. The van der Waals surface area contributed by atoms with E-state index in [1.54, 1.807) is 13.1 Å². The van der Waals surface area contributed by atoms with Crippen LogP contribution in [0.15, 0.2) is 35.6 Å². The van der Waals surface area contributed by atoms with E-state index in [4.69, 9.17) is 4.74 Å². The number of nitrogens with zero attached hydrogens (tertiary/aromatic N) is 5. The summed E-state index contributed by atoms with van der Waals surface area (Å²) in [5, 5.41) is 0. The minimum absolute atomic E-state index is 0.0174. The van der Waals surface area contributed by atoms with Crippen molar-refractivity contribution in [2.75, 3.05) is 38.2 Å². The highest BCUT2D eigenvalue weighted by atomic mass is 16.5. The highest BCUT2D eigenvalue weighted by molar-refractivity contribution is 5.94. The Morgan fingerprint density at radius 3 is 2.82 bits per heavy atom. The number of rotatable bonds is 7. The molecular weight excluding hydrogens is 418 g/mol. The molecule has 1 fully saturated rings. The summed E-state index contributed by atoms with van der Waals surface area (Å²) in [4.78, 5) is 37.3. The van der Waals surface area contributed by atoms with E-state index >= 15 is 0 Å². The lowest BCUT2D eigenvalue weighted by Crippen LogP contribution is -2.33. The van der Waals surface area contributed by atoms with Gasteiger partial charge in [-0.3, -0.25) is 14.6 Å². The van der Waals surface area contributed by atoms with Gasteiger partial charge in [-0.2, -0.15) is 0 Å². The first kappa shape index (κ1) is 23.0. The van der Waals surface area contributed by atoms with Gasteiger partial charge in [-0.15, -0.1) is 0 Å². The number of ketones is 1. The molecule has 2 aliphatic rings. The van der Waals surface area contributed by atoms with Gasteiger partial charge in [0.05, 0.1) is 12.1 Å². The number of amides is 1. The van der Waals surface area contributed by atoms with E-state index in [1.165, 1.54) is 25.7 Å². The Kier molecular flexibility index (Phi) is 7.11. The topological polar surface area (TPSA) is 80.0 Å². The summed E-state index contributed by atoms with van der Waals surface area (Å²) in [6.45, 7) is 3.98. The highest BCUT2D eigenvalue weighted by Gasteiger charge is 2.25. The number of aromatic nitrogens is 2. The van der Waals surface area contributed by atoms with Crippen LogP contribution in [0.4, 0.5) is 11.5 Å². The van der Waals surface area contributed by atoms with Crippen LogP contribution in [0.1, 0.15) is 49.4 Å². The minimum atomic E-state index is -0.0174. The third kappa shape index (κ3) is 5.43. The van der Waals surface area contributed by atoms with Crippen LogP contribution < -0.4 is 15.1 Å². The molecule has 176 valence electrons. The Bertz CT molecular complexity index is 1090. The Labute approximate surface area is 194 Å². The quantitative estimate of drug-likeness (QED) is 0.646. The maximum absolute atomic E-state index is 13.0. The molecule has 2 aromatic heterocycles. The molecule has 1 saturated carbocycles. The fourth-order valence-corrected chi connectivity index (χ4v) is 4.55. The molecule has 3 heterocycles. The van der Waals surface area contributed by atoms with E-state index < -0.39 is 0 Å². The minimum Gasteiger partial charge on any atom is -0.488 e. The van der Waals surface area contributed by atoms with Gasteiger partial charge in [0.1, 0.15) is 17.9 Å². The lowest BCUT2D eigenvalue weighted by molar-refractivity contribution is -0.116. The van der Waals surface area contributed by atoms with Gasteiger partial charge in [-0.1, -0.05) is 12.8 Å². The fourth-order valence-electron chi connectivity index (χ4n) is 4.55. The monoisotopic (exact) mass is 451 g/mol. The zero-order chi connectivity index (χ0) is 23.4. The van der Waals surface area contributed by atoms with Gasteiger partial charge in [-0.25, -0.2) is 4.98 Å². The zero-order valence-corrected chi connectivity index (χ0v) is 19.8. The molecule has 8 nitrogen and oxygen atoms in total. The second kappa shape index (κ2) is 10.2. The molecule has 0 saturated heterocycles. The lowest BCUT2D eigenvalue weighted by atomic mass is 10.1. The smallest absolute Gasteiger partial charge is 0.255 e. The van der Waals surface area contributed by atoms with Gasteiger partial charge in [0.25, 0.3) is 5.91 Å². The standard InChI is InChI=1S/C25H33N5O3/c1-18(31)8-10-26-23-15-21(9-11-28(23)2)30-12-13-33-22-14-20(16-27-24(22)30)25(32)29(3)17-19-6-4-5-7-19/h9,11,14-16,19H,4-8,10,12-13,17H2,1-3H3. The molecule has 1 aliphatic carbocycles. The SMILES string of the molecule is CC(=O)CCN=c1cc(N2CCOc3cc(C(=O)N(C)CC4CCCC4)cnc32)ccn1C. The molecule has 0 aromatic carbocycles.